The van der Waals surface area contributed by atoms with Crippen LogP contribution in [0.3, 0.4) is 0 Å². The van der Waals surface area contributed by atoms with Gasteiger partial charge in [0, 0.05) is 38.6 Å². The summed E-state index contributed by atoms with van der Waals surface area (Å²) in [5.41, 5.74) is 4.00. The fourth-order valence-electron chi connectivity index (χ4n) is 2.51. The Morgan fingerprint density at radius 2 is 0.516 bits per heavy atom. The molecule has 0 heterocycles. The number of rotatable bonds is 3. The topological polar surface area (TPSA) is 0 Å². The molecule has 0 fully saturated rings. The average molecular weight is 499 g/mol. The van der Waals surface area contributed by atoms with Crippen LogP contribution >= 0.6 is 0 Å². The second-order valence-corrected chi connectivity index (χ2v) is 4.67. The first kappa shape index (κ1) is 40.2. The van der Waals surface area contributed by atoms with Crippen molar-refractivity contribution in [2.75, 3.05) is 0 Å². The van der Waals surface area contributed by atoms with Gasteiger partial charge in [-0.25, -0.2) is 0 Å². The molecule has 3 aromatic rings. The summed E-state index contributed by atoms with van der Waals surface area (Å²) >= 11 is 0. The van der Waals surface area contributed by atoms with E-state index in [2.05, 4.69) is 91.0 Å². The van der Waals surface area contributed by atoms with Crippen LogP contribution in [0.25, 0.3) is 0 Å². The summed E-state index contributed by atoms with van der Waals surface area (Å²) in [4.78, 5) is 0. The summed E-state index contributed by atoms with van der Waals surface area (Å²) in [6.45, 7) is 20.0. The minimum Gasteiger partial charge on any atom is -0.358 e. The molecule has 0 aliphatic rings. The van der Waals surface area contributed by atoms with Crippen LogP contribution in [0.15, 0.2) is 91.0 Å². The minimum atomic E-state index is 0. The molecule has 1 radical (unpaired) electrons. The van der Waals surface area contributed by atoms with Gasteiger partial charge < -0.3 is 7.43 Å². The van der Waals surface area contributed by atoms with Crippen LogP contribution in [0.5, 0.6) is 0 Å². The predicted octanol–water partition coefficient (Wildman–Crippen LogP) is 10.4. The molecular formula is C30H49Y-. The number of hydrogen-bond acceptors (Lipinski definition) is 0. The van der Waals surface area contributed by atoms with Gasteiger partial charge in [0.05, 0.1) is 0 Å². The van der Waals surface area contributed by atoms with Crippen molar-refractivity contribution in [1.29, 1.82) is 0 Å². The Hall–Kier alpha value is -1.24. The fourth-order valence-corrected chi connectivity index (χ4v) is 2.51. The molecule has 0 aliphatic carbocycles. The Bertz CT molecular complexity index is 524. The quantitative estimate of drug-likeness (QED) is 0.249. The molecule has 3 rings (SSSR count). The van der Waals surface area contributed by atoms with Crippen LogP contribution in [-0.4, -0.2) is 0 Å². The zero-order chi connectivity index (χ0) is 22.9. The molecule has 0 atom stereocenters. The second-order valence-electron chi connectivity index (χ2n) is 4.67. The van der Waals surface area contributed by atoms with Crippen LogP contribution in [0, 0.1) is 7.43 Å². The molecule has 0 N–H and O–H groups in total. The van der Waals surface area contributed by atoms with E-state index in [9.17, 15) is 0 Å². The van der Waals surface area contributed by atoms with Gasteiger partial charge in [-0.15, -0.1) is 0 Å². The van der Waals surface area contributed by atoms with E-state index in [1.165, 1.54) is 16.7 Å². The molecule has 0 bridgehead atoms. The standard InChI is InChI=1S/C19H16.5C2H6.CH3.Y/c1-4-10-16(11-5-1)19(17-12-6-2-7-13-17)18-14-8-3-9-15-18;5*1-2;;/h1-15,19H;5*1-2H3;1H3;/q;;;;;;-1;. The van der Waals surface area contributed by atoms with Crippen molar-refractivity contribution in [1.82, 2.24) is 0 Å². The smallest absolute Gasteiger partial charge is 0.0339 e. The van der Waals surface area contributed by atoms with Crippen LogP contribution in [0.4, 0.5) is 0 Å². The summed E-state index contributed by atoms with van der Waals surface area (Å²) in [6, 6.07) is 32.0. The maximum atomic E-state index is 2.20. The third-order valence-electron chi connectivity index (χ3n) is 3.40. The molecule has 0 amide bonds. The van der Waals surface area contributed by atoms with Gasteiger partial charge in [0.25, 0.3) is 0 Å². The van der Waals surface area contributed by atoms with E-state index in [0.717, 1.165) is 0 Å². The van der Waals surface area contributed by atoms with Crippen molar-refractivity contribution in [3.63, 3.8) is 0 Å². The van der Waals surface area contributed by atoms with Gasteiger partial charge in [-0.2, -0.15) is 0 Å². The van der Waals surface area contributed by atoms with Crippen molar-refractivity contribution >= 4 is 0 Å². The Labute approximate surface area is 221 Å². The second kappa shape index (κ2) is 33.4. The van der Waals surface area contributed by atoms with E-state index in [4.69, 9.17) is 0 Å². The minimum absolute atomic E-state index is 0. The van der Waals surface area contributed by atoms with Gasteiger partial charge in [-0.05, 0) is 16.7 Å². The normalized spacial score (nSPS) is 7.45. The van der Waals surface area contributed by atoms with Crippen molar-refractivity contribution in [3.05, 3.63) is 115 Å². The van der Waals surface area contributed by atoms with Gasteiger partial charge in [0.1, 0.15) is 0 Å². The van der Waals surface area contributed by atoms with E-state index in [0.29, 0.717) is 5.92 Å². The first-order valence-electron chi connectivity index (χ1n) is 11.6. The van der Waals surface area contributed by atoms with E-state index in [1.54, 1.807) is 0 Å². The molecular weight excluding hydrogens is 449 g/mol. The van der Waals surface area contributed by atoms with E-state index in [-0.39, 0.29) is 40.1 Å². The first-order chi connectivity index (χ1) is 14.4. The summed E-state index contributed by atoms with van der Waals surface area (Å²) < 4.78 is 0. The third kappa shape index (κ3) is 17.0. The fraction of sp³-hybridized carbons (Fsp3) is 0.367. The first-order valence-corrected chi connectivity index (χ1v) is 11.6. The van der Waals surface area contributed by atoms with E-state index in [1.807, 2.05) is 69.2 Å². The molecule has 1 heteroatoms. The monoisotopic (exact) mass is 498 g/mol. The van der Waals surface area contributed by atoms with Crippen molar-refractivity contribution in [2.45, 2.75) is 75.2 Å². The largest absolute Gasteiger partial charge is 0.358 e. The maximum Gasteiger partial charge on any atom is 0.0339 e. The van der Waals surface area contributed by atoms with Gasteiger partial charge in [-0.3, -0.25) is 0 Å². The van der Waals surface area contributed by atoms with Crippen LogP contribution in [0.1, 0.15) is 91.8 Å². The van der Waals surface area contributed by atoms with Crippen molar-refractivity contribution in [2.24, 2.45) is 0 Å². The summed E-state index contributed by atoms with van der Waals surface area (Å²) in [7, 11) is 0. The van der Waals surface area contributed by atoms with Crippen LogP contribution in [-0.2, 0) is 32.7 Å². The van der Waals surface area contributed by atoms with Gasteiger partial charge >= 0.3 is 0 Å². The van der Waals surface area contributed by atoms with Crippen molar-refractivity contribution in [3.8, 4) is 0 Å². The predicted molar refractivity (Wildman–Crippen MR) is 143 cm³/mol. The van der Waals surface area contributed by atoms with E-state index >= 15 is 0 Å². The third-order valence-corrected chi connectivity index (χ3v) is 3.40. The molecule has 0 saturated carbocycles. The molecule has 0 unspecified atom stereocenters. The molecule has 0 nitrogen and oxygen atoms in total. The van der Waals surface area contributed by atoms with Gasteiger partial charge in [-0.1, -0.05) is 160 Å². The molecule has 0 saturated heterocycles. The molecule has 0 spiro atoms. The number of hydrogen-bond donors (Lipinski definition) is 0. The summed E-state index contributed by atoms with van der Waals surface area (Å²) in [5.74, 6) is 0.309. The van der Waals surface area contributed by atoms with Crippen LogP contribution in [0.2, 0.25) is 0 Å². The molecule has 31 heavy (non-hydrogen) atoms. The van der Waals surface area contributed by atoms with Gasteiger partial charge in [0.2, 0.25) is 0 Å². The van der Waals surface area contributed by atoms with E-state index < -0.39 is 0 Å². The molecule has 3 aromatic carbocycles. The van der Waals surface area contributed by atoms with Crippen molar-refractivity contribution < 1.29 is 32.7 Å². The summed E-state index contributed by atoms with van der Waals surface area (Å²) in [5, 5.41) is 0. The van der Waals surface area contributed by atoms with Crippen LogP contribution < -0.4 is 0 Å². The average Bonchev–Trinajstić information content (AvgIpc) is 2.88. The molecule has 173 valence electrons. The zero-order valence-corrected chi connectivity index (χ0v) is 25.2. The van der Waals surface area contributed by atoms with Gasteiger partial charge in [0.15, 0.2) is 0 Å². The Kier molecular flexibility index (Phi) is 43.3. The Balaban J connectivity index is -0.000000167. The Morgan fingerprint density at radius 1 is 0.355 bits per heavy atom. The zero-order valence-electron chi connectivity index (χ0n) is 22.3. The summed E-state index contributed by atoms with van der Waals surface area (Å²) in [6.07, 6.45) is 0. The number of benzene rings is 3. The Morgan fingerprint density at radius 3 is 0.677 bits per heavy atom. The molecule has 0 aromatic heterocycles. The molecule has 0 aliphatic heterocycles. The maximum absolute atomic E-state index is 2.20. The SMILES string of the molecule is CC.CC.CC.CC.CC.[CH3-].[Y].c1ccc(C(c2ccccc2)c2ccccc2)cc1.